The third-order valence-corrected chi connectivity index (χ3v) is 5.91. The van der Waals surface area contributed by atoms with Crippen molar-refractivity contribution in [2.24, 2.45) is 0 Å². The largest absolute Gasteiger partial charge is 0.0619 e. The predicted molar refractivity (Wildman–Crippen MR) is 84.4 cm³/mol. The molecule has 0 saturated heterocycles. The second kappa shape index (κ2) is 3.82. The van der Waals surface area contributed by atoms with Crippen molar-refractivity contribution in [3.8, 4) is 11.1 Å². The van der Waals surface area contributed by atoms with Gasteiger partial charge in [-0.25, -0.2) is 0 Å². The average Bonchev–Trinajstić information content (AvgIpc) is 2.51. The minimum absolute atomic E-state index is 0.118. The minimum atomic E-state index is 0.118. The van der Waals surface area contributed by atoms with E-state index in [2.05, 4.69) is 88.8 Å². The van der Waals surface area contributed by atoms with E-state index in [1.807, 2.05) is 0 Å². The van der Waals surface area contributed by atoms with Gasteiger partial charge in [0, 0.05) is 13.5 Å². The molecule has 0 radical (unpaired) electrons. The molecule has 0 aromatic heterocycles. The Bertz CT molecular complexity index is 614. The van der Waals surface area contributed by atoms with Gasteiger partial charge in [-0.1, -0.05) is 38.1 Å². The summed E-state index contributed by atoms with van der Waals surface area (Å²) in [6.07, 6.45) is 0. The highest BCUT2D eigenvalue weighted by Crippen LogP contribution is 2.49. The van der Waals surface area contributed by atoms with Crippen LogP contribution in [0.3, 0.4) is 0 Å². The van der Waals surface area contributed by atoms with Crippen LogP contribution in [-0.4, -0.2) is 0 Å². The Labute approximate surface area is 124 Å². The van der Waals surface area contributed by atoms with Crippen LogP contribution in [0.5, 0.6) is 0 Å². The minimum Gasteiger partial charge on any atom is -0.0619 e. The topological polar surface area (TPSA) is 0 Å². The third kappa shape index (κ3) is 1.60. The quantitative estimate of drug-likeness (QED) is 0.524. The van der Waals surface area contributed by atoms with Crippen LogP contribution in [-0.2, 0) is 5.41 Å². The number of benzene rings is 2. The maximum Gasteiger partial charge on any atom is 0.0315 e. The van der Waals surface area contributed by atoms with Gasteiger partial charge in [-0.15, -0.1) is 0 Å². The molecule has 0 aliphatic heterocycles. The van der Waals surface area contributed by atoms with Crippen LogP contribution in [0.2, 0.25) is 0 Å². The fourth-order valence-electron chi connectivity index (χ4n) is 2.69. The van der Waals surface area contributed by atoms with Gasteiger partial charge >= 0.3 is 0 Å². The molecular weight excluding hydrogens is 387 g/mol. The molecule has 0 bridgehead atoms. The summed E-state index contributed by atoms with van der Waals surface area (Å²) in [5.41, 5.74) is 5.74. The molecule has 0 spiro atoms. The zero-order valence-corrected chi connectivity index (χ0v) is 13.5. The molecular formula is C15H12BrI. The first-order chi connectivity index (χ1) is 8.01. The van der Waals surface area contributed by atoms with E-state index in [4.69, 9.17) is 0 Å². The Morgan fingerprint density at radius 1 is 1.00 bits per heavy atom. The molecule has 2 aromatic carbocycles. The van der Waals surface area contributed by atoms with E-state index in [-0.39, 0.29) is 5.41 Å². The third-order valence-electron chi connectivity index (χ3n) is 3.62. The summed E-state index contributed by atoms with van der Waals surface area (Å²) in [4.78, 5) is 0. The predicted octanol–water partition coefficient (Wildman–Crippen LogP) is 5.36. The Balaban J connectivity index is 2.40. The Kier molecular flexibility index (Phi) is 2.63. The van der Waals surface area contributed by atoms with Crippen molar-refractivity contribution in [2.45, 2.75) is 19.3 Å². The normalized spacial score (nSPS) is 15.5. The molecule has 0 N–H and O–H groups in total. The fraction of sp³-hybridized carbons (Fsp3) is 0.200. The van der Waals surface area contributed by atoms with Gasteiger partial charge in [0.2, 0.25) is 0 Å². The summed E-state index contributed by atoms with van der Waals surface area (Å²) in [5.74, 6) is 0. The van der Waals surface area contributed by atoms with Gasteiger partial charge < -0.3 is 0 Å². The maximum atomic E-state index is 3.63. The van der Waals surface area contributed by atoms with Crippen LogP contribution in [0.4, 0.5) is 0 Å². The van der Waals surface area contributed by atoms with Gasteiger partial charge in [-0.05, 0) is 72.9 Å². The zero-order valence-electron chi connectivity index (χ0n) is 9.72. The molecule has 1 aliphatic rings. The number of hydrogen-bond acceptors (Lipinski definition) is 0. The first kappa shape index (κ1) is 11.7. The first-order valence-electron chi connectivity index (χ1n) is 5.61. The molecule has 0 heterocycles. The molecule has 0 unspecified atom stereocenters. The molecule has 0 fully saturated rings. The molecule has 0 amide bonds. The summed E-state index contributed by atoms with van der Waals surface area (Å²) in [7, 11) is 0. The lowest BCUT2D eigenvalue weighted by molar-refractivity contribution is 0.660. The standard InChI is InChI=1S/C15H12BrI/c1-15(2)11-6-4-3-5-9(11)10-7-13(16)14(17)8-12(10)15/h3-8H,1-2H3. The highest BCUT2D eigenvalue weighted by molar-refractivity contribution is 14.1. The number of halogens is 2. The van der Waals surface area contributed by atoms with Crippen LogP contribution in [0.1, 0.15) is 25.0 Å². The van der Waals surface area contributed by atoms with Crippen molar-refractivity contribution in [1.82, 2.24) is 0 Å². The van der Waals surface area contributed by atoms with Gasteiger partial charge in [0.1, 0.15) is 0 Å². The maximum absolute atomic E-state index is 3.63. The van der Waals surface area contributed by atoms with Gasteiger partial charge in [-0.2, -0.15) is 0 Å². The lowest BCUT2D eigenvalue weighted by Crippen LogP contribution is -2.15. The highest BCUT2D eigenvalue weighted by Gasteiger charge is 2.35. The van der Waals surface area contributed by atoms with E-state index < -0.39 is 0 Å². The van der Waals surface area contributed by atoms with E-state index >= 15 is 0 Å². The molecule has 0 saturated carbocycles. The molecule has 2 aromatic rings. The SMILES string of the molecule is CC1(C)c2ccccc2-c2cc(Br)c(I)cc21. The van der Waals surface area contributed by atoms with E-state index in [9.17, 15) is 0 Å². The molecule has 17 heavy (non-hydrogen) atoms. The number of fused-ring (bicyclic) bond motifs is 3. The molecule has 3 rings (SSSR count). The molecule has 0 nitrogen and oxygen atoms in total. The lowest BCUT2D eigenvalue weighted by atomic mass is 9.82. The number of rotatable bonds is 0. The van der Waals surface area contributed by atoms with Crippen molar-refractivity contribution in [2.75, 3.05) is 0 Å². The summed E-state index contributed by atoms with van der Waals surface area (Å²) >= 11 is 6.02. The van der Waals surface area contributed by atoms with Crippen LogP contribution in [0.15, 0.2) is 40.9 Å². The average molecular weight is 399 g/mol. The van der Waals surface area contributed by atoms with Crippen molar-refractivity contribution in [3.63, 3.8) is 0 Å². The Morgan fingerprint density at radius 2 is 1.71 bits per heavy atom. The summed E-state index contributed by atoms with van der Waals surface area (Å²) in [6.45, 7) is 4.61. The molecule has 2 heteroatoms. The van der Waals surface area contributed by atoms with E-state index in [0.717, 1.165) is 0 Å². The van der Waals surface area contributed by atoms with Crippen LogP contribution in [0, 0.1) is 3.57 Å². The lowest BCUT2D eigenvalue weighted by Gasteiger charge is -2.21. The monoisotopic (exact) mass is 398 g/mol. The Morgan fingerprint density at radius 3 is 2.47 bits per heavy atom. The summed E-state index contributed by atoms with van der Waals surface area (Å²) < 4.78 is 2.46. The Hall–Kier alpha value is -0.350. The summed E-state index contributed by atoms with van der Waals surface area (Å²) in [6, 6.07) is 13.3. The van der Waals surface area contributed by atoms with Gasteiger partial charge in [0.25, 0.3) is 0 Å². The van der Waals surface area contributed by atoms with E-state index in [1.165, 1.54) is 30.3 Å². The van der Waals surface area contributed by atoms with Crippen molar-refractivity contribution in [3.05, 3.63) is 55.6 Å². The smallest absolute Gasteiger partial charge is 0.0315 e. The second-order valence-corrected chi connectivity index (χ2v) is 7.00. The number of hydrogen-bond donors (Lipinski definition) is 0. The van der Waals surface area contributed by atoms with Crippen molar-refractivity contribution in [1.29, 1.82) is 0 Å². The molecule has 1 aliphatic carbocycles. The molecule has 0 atom stereocenters. The van der Waals surface area contributed by atoms with Crippen molar-refractivity contribution >= 4 is 38.5 Å². The van der Waals surface area contributed by atoms with Crippen LogP contribution in [0.25, 0.3) is 11.1 Å². The van der Waals surface area contributed by atoms with Gasteiger partial charge in [-0.3, -0.25) is 0 Å². The second-order valence-electron chi connectivity index (χ2n) is 4.98. The van der Waals surface area contributed by atoms with Crippen molar-refractivity contribution < 1.29 is 0 Å². The van der Waals surface area contributed by atoms with E-state index in [0.29, 0.717) is 0 Å². The van der Waals surface area contributed by atoms with Crippen LogP contribution >= 0.6 is 38.5 Å². The zero-order chi connectivity index (χ0) is 12.2. The first-order valence-corrected chi connectivity index (χ1v) is 7.48. The van der Waals surface area contributed by atoms with E-state index in [1.54, 1.807) is 0 Å². The van der Waals surface area contributed by atoms with Crippen LogP contribution < -0.4 is 0 Å². The summed E-state index contributed by atoms with van der Waals surface area (Å²) in [5, 5.41) is 0. The highest BCUT2D eigenvalue weighted by atomic mass is 127. The van der Waals surface area contributed by atoms with Gasteiger partial charge in [0.15, 0.2) is 0 Å². The molecule has 86 valence electrons. The fourth-order valence-corrected chi connectivity index (χ4v) is 3.51. The van der Waals surface area contributed by atoms with Gasteiger partial charge in [0.05, 0.1) is 0 Å².